The molecular weight excluding hydrogens is 631 g/mol. The number of rotatable bonds is 6. The molecule has 0 unspecified atom stereocenters. The smallest absolute Gasteiger partial charge is 0.416 e. The topological polar surface area (TPSA) is 62.6 Å². The van der Waals surface area contributed by atoms with Gasteiger partial charge in [0.2, 0.25) is 5.90 Å². The summed E-state index contributed by atoms with van der Waals surface area (Å²) < 4.78 is 132. The summed E-state index contributed by atoms with van der Waals surface area (Å²) >= 11 is 6.37. The summed E-state index contributed by atoms with van der Waals surface area (Å²) in [5.41, 5.74) is -4.46. The molecule has 0 aliphatic carbocycles. The van der Waals surface area contributed by atoms with E-state index in [2.05, 4.69) is 0 Å². The molecule has 3 aromatic rings. The number of hydrogen-bond donors (Lipinski definition) is 1. The fourth-order valence-electron chi connectivity index (χ4n) is 4.75. The van der Waals surface area contributed by atoms with Crippen LogP contribution in [0.1, 0.15) is 53.3 Å². The third-order valence-corrected chi connectivity index (χ3v) is 7.24. The van der Waals surface area contributed by atoms with Crippen LogP contribution in [0.25, 0.3) is 11.1 Å². The molecule has 2 atom stereocenters. The van der Waals surface area contributed by atoms with E-state index in [-0.39, 0.29) is 45.8 Å². The van der Waals surface area contributed by atoms with E-state index in [0.29, 0.717) is 12.1 Å². The van der Waals surface area contributed by atoms with Gasteiger partial charge in [0.05, 0.1) is 35.9 Å². The number of amides is 1. The highest BCUT2D eigenvalue weighted by atomic mass is 35.5. The molecule has 3 aromatic carbocycles. The molecule has 1 N–H and O–H groups in total. The van der Waals surface area contributed by atoms with E-state index in [1.54, 1.807) is 6.92 Å². The average molecular weight is 653 g/mol. The zero-order valence-electron chi connectivity index (χ0n) is 22.7. The summed E-state index contributed by atoms with van der Waals surface area (Å²) in [6.45, 7) is 2.51. The van der Waals surface area contributed by atoms with Gasteiger partial charge in [0.1, 0.15) is 6.10 Å². The minimum absolute atomic E-state index is 0.0687. The highest BCUT2D eigenvalue weighted by Gasteiger charge is 2.43. The Labute approximate surface area is 249 Å². The van der Waals surface area contributed by atoms with Gasteiger partial charge in [-0.3, -0.25) is 10.3 Å². The molecule has 0 spiro atoms. The Balaban J connectivity index is 1.78. The highest BCUT2D eigenvalue weighted by molar-refractivity contribution is 6.33. The minimum Gasteiger partial charge on any atom is -0.478 e. The van der Waals surface area contributed by atoms with Crippen LogP contribution in [0.4, 0.5) is 44.3 Å². The summed E-state index contributed by atoms with van der Waals surface area (Å²) in [5.74, 6) is -0.238. The van der Waals surface area contributed by atoms with Gasteiger partial charge in [-0.2, -0.15) is 39.5 Å². The molecular formula is C29H22ClF9N2O3. The second kappa shape index (κ2) is 11.9. The van der Waals surface area contributed by atoms with Crippen LogP contribution < -0.4 is 0 Å². The van der Waals surface area contributed by atoms with Crippen molar-refractivity contribution in [3.63, 3.8) is 0 Å². The minimum atomic E-state index is -5.15. The van der Waals surface area contributed by atoms with Crippen LogP contribution >= 0.6 is 11.6 Å². The molecule has 1 heterocycles. The number of carbonyl (C=O) groups excluding carboxylic acids is 1. The highest BCUT2D eigenvalue weighted by Crippen LogP contribution is 2.42. The Morgan fingerprint density at radius 3 is 2.00 bits per heavy atom. The summed E-state index contributed by atoms with van der Waals surface area (Å²) in [5, 5.41) is 8.13. The molecule has 0 saturated carbocycles. The Kier molecular flexibility index (Phi) is 8.89. The van der Waals surface area contributed by atoms with Crippen molar-refractivity contribution in [2.75, 3.05) is 6.61 Å². The lowest BCUT2D eigenvalue weighted by atomic mass is 9.94. The number of halogens is 10. The van der Waals surface area contributed by atoms with Gasteiger partial charge in [-0.1, -0.05) is 17.7 Å². The first kappa shape index (κ1) is 33.0. The fourth-order valence-corrected chi connectivity index (χ4v) is 4.97. The maximum absolute atomic E-state index is 13.7. The normalized spacial score (nSPS) is 17.5. The first-order chi connectivity index (χ1) is 20.3. The van der Waals surface area contributed by atoms with Gasteiger partial charge < -0.3 is 9.47 Å². The van der Waals surface area contributed by atoms with Gasteiger partial charge in [0.15, 0.2) is 0 Å². The van der Waals surface area contributed by atoms with Crippen LogP contribution in [0.5, 0.6) is 0 Å². The molecule has 0 radical (unpaired) electrons. The van der Waals surface area contributed by atoms with Crippen molar-refractivity contribution in [2.45, 2.75) is 51.1 Å². The van der Waals surface area contributed by atoms with Crippen molar-refractivity contribution in [1.29, 1.82) is 5.41 Å². The summed E-state index contributed by atoms with van der Waals surface area (Å²) in [6, 6.07) is 6.50. The van der Waals surface area contributed by atoms with E-state index >= 15 is 0 Å². The summed E-state index contributed by atoms with van der Waals surface area (Å²) in [4.78, 5) is 13.8. The number of nitrogens with one attached hydrogen (secondary N) is 1. The maximum atomic E-state index is 13.7. The van der Waals surface area contributed by atoms with Gasteiger partial charge in [0.25, 0.3) is 0 Å². The van der Waals surface area contributed by atoms with E-state index in [1.807, 2.05) is 0 Å². The quantitative estimate of drug-likeness (QED) is 0.164. The number of alkyl halides is 9. The van der Waals surface area contributed by atoms with E-state index in [4.69, 9.17) is 26.5 Å². The molecule has 5 nitrogen and oxygen atoms in total. The first-order valence-corrected chi connectivity index (χ1v) is 13.2. The van der Waals surface area contributed by atoms with Crippen molar-refractivity contribution in [2.24, 2.45) is 0 Å². The molecule has 1 fully saturated rings. The number of ether oxygens (including phenoxy) is 2. The lowest BCUT2D eigenvalue weighted by Gasteiger charge is -2.24. The van der Waals surface area contributed by atoms with Crippen molar-refractivity contribution < 1.29 is 53.8 Å². The Morgan fingerprint density at radius 1 is 0.864 bits per heavy atom. The Bertz CT molecular complexity index is 1550. The van der Waals surface area contributed by atoms with Gasteiger partial charge in [-0.15, -0.1) is 0 Å². The number of carbonyl (C=O) groups is 1. The zero-order chi connectivity index (χ0) is 32.8. The monoisotopic (exact) mass is 652 g/mol. The van der Waals surface area contributed by atoms with E-state index in [0.717, 1.165) is 23.1 Å². The number of cyclic esters (lactones) is 1. The molecule has 1 amide bonds. The van der Waals surface area contributed by atoms with E-state index < -0.39 is 65.6 Å². The van der Waals surface area contributed by atoms with Crippen LogP contribution in [-0.2, 0) is 34.5 Å². The van der Waals surface area contributed by atoms with Crippen LogP contribution in [-0.4, -0.2) is 29.5 Å². The molecule has 1 saturated heterocycles. The van der Waals surface area contributed by atoms with Crippen molar-refractivity contribution in [3.05, 3.63) is 93.0 Å². The Morgan fingerprint density at radius 2 is 1.45 bits per heavy atom. The maximum Gasteiger partial charge on any atom is 0.416 e. The SMILES string of the molecule is CCOC(=N)c1ccc(Cl)c(-c2ccc(C(F)(F)F)cc2CN2C(=O)O[C@H](c3cc(C(F)(F)F)cc(C(F)(F)F)c3)[C@@H]2C)c1. The lowest BCUT2D eigenvalue weighted by molar-refractivity contribution is -0.143. The largest absolute Gasteiger partial charge is 0.478 e. The average Bonchev–Trinajstić information content (AvgIpc) is 3.20. The summed E-state index contributed by atoms with van der Waals surface area (Å²) in [7, 11) is 0. The molecule has 44 heavy (non-hydrogen) atoms. The van der Waals surface area contributed by atoms with Gasteiger partial charge in [0, 0.05) is 16.1 Å². The van der Waals surface area contributed by atoms with Crippen LogP contribution in [0, 0.1) is 5.41 Å². The van der Waals surface area contributed by atoms with Crippen LogP contribution in [0.2, 0.25) is 5.02 Å². The second-order valence-corrected chi connectivity index (χ2v) is 10.2. The number of benzene rings is 3. The number of nitrogens with zero attached hydrogens (tertiary/aromatic N) is 1. The predicted octanol–water partition coefficient (Wildman–Crippen LogP) is 9.51. The molecule has 236 valence electrons. The second-order valence-electron chi connectivity index (χ2n) is 9.84. The van der Waals surface area contributed by atoms with E-state index in [1.165, 1.54) is 25.1 Å². The van der Waals surface area contributed by atoms with Gasteiger partial charge in [-0.05, 0) is 79.1 Å². The summed E-state index contributed by atoms with van der Waals surface area (Å²) in [6.07, 6.45) is -17.9. The van der Waals surface area contributed by atoms with Crippen molar-refractivity contribution in [3.8, 4) is 11.1 Å². The lowest BCUT2D eigenvalue weighted by Crippen LogP contribution is -2.32. The zero-order valence-corrected chi connectivity index (χ0v) is 23.5. The third kappa shape index (κ3) is 6.90. The van der Waals surface area contributed by atoms with Gasteiger partial charge in [-0.25, -0.2) is 4.79 Å². The number of hydrogen-bond acceptors (Lipinski definition) is 4. The fraction of sp³-hybridized carbons (Fsp3) is 0.310. The van der Waals surface area contributed by atoms with Gasteiger partial charge >= 0.3 is 24.6 Å². The molecule has 0 bridgehead atoms. The van der Waals surface area contributed by atoms with Crippen molar-refractivity contribution >= 4 is 23.6 Å². The van der Waals surface area contributed by atoms with Crippen molar-refractivity contribution in [1.82, 2.24) is 4.90 Å². The molecule has 4 rings (SSSR count). The standard InChI is InChI=1S/C29H22ClF9N2O3/c1-3-43-25(40)15-4-7-23(30)22(11-15)21-6-5-18(27(31,32)33)10-17(21)13-41-14(2)24(44-26(41)42)16-8-19(28(34,35)36)12-20(9-16)29(37,38)39/h4-12,14,24,40H,3,13H2,1-2H3/t14-,24-/m0/s1. The molecule has 1 aliphatic heterocycles. The molecule has 1 aliphatic rings. The molecule has 0 aromatic heterocycles. The third-order valence-electron chi connectivity index (χ3n) is 6.91. The van der Waals surface area contributed by atoms with E-state index in [9.17, 15) is 44.3 Å². The van der Waals surface area contributed by atoms with Crippen LogP contribution in [0.3, 0.4) is 0 Å². The predicted molar refractivity (Wildman–Crippen MR) is 141 cm³/mol. The Hall–Kier alpha value is -3.94. The van der Waals surface area contributed by atoms with Crippen LogP contribution in [0.15, 0.2) is 54.6 Å². The molecule has 15 heteroatoms. The first-order valence-electron chi connectivity index (χ1n) is 12.8.